The van der Waals surface area contributed by atoms with Crippen LogP contribution in [-0.2, 0) is 22.6 Å². The van der Waals surface area contributed by atoms with Gasteiger partial charge in [-0.1, -0.05) is 38.1 Å². The molecule has 0 spiro atoms. The molecule has 0 amide bonds. The number of ether oxygens (including phenoxy) is 2. The first-order valence-electron chi connectivity index (χ1n) is 8.73. The minimum Gasteiger partial charge on any atom is -0.380 e. The Labute approximate surface area is 146 Å². The summed E-state index contributed by atoms with van der Waals surface area (Å²) in [6, 6.07) is 8.40. The van der Waals surface area contributed by atoms with E-state index in [9.17, 15) is 0 Å². The van der Waals surface area contributed by atoms with Crippen molar-refractivity contribution in [3.8, 4) is 0 Å². The molecule has 0 radical (unpaired) electrons. The fraction of sp³-hybridized carbons (Fsp3) is 0.632. The molecule has 0 aliphatic carbocycles. The van der Waals surface area contributed by atoms with Crippen LogP contribution in [0.3, 0.4) is 0 Å². The fourth-order valence-corrected chi connectivity index (χ4v) is 2.48. The lowest BCUT2D eigenvalue weighted by Crippen LogP contribution is -2.38. The number of nitrogens with zero attached hydrogens (tertiary/aromatic N) is 1. The molecule has 136 valence electrons. The molecule has 0 bridgehead atoms. The van der Waals surface area contributed by atoms with Crippen LogP contribution in [0.25, 0.3) is 0 Å². The highest BCUT2D eigenvalue weighted by Crippen LogP contribution is 2.10. The smallest absolute Gasteiger partial charge is 0.191 e. The first-order chi connectivity index (χ1) is 11.6. The predicted octanol–water partition coefficient (Wildman–Crippen LogP) is 2.95. The number of benzene rings is 1. The summed E-state index contributed by atoms with van der Waals surface area (Å²) >= 11 is 0. The van der Waals surface area contributed by atoms with Gasteiger partial charge in [-0.25, -0.2) is 0 Å². The van der Waals surface area contributed by atoms with E-state index in [1.165, 1.54) is 11.1 Å². The second-order valence-corrected chi connectivity index (χ2v) is 6.13. The maximum absolute atomic E-state index is 5.77. The summed E-state index contributed by atoms with van der Waals surface area (Å²) in [4.78, 5) is 4.27. The predicted molar refractivity (Wildman–Crippen MR) is 100 cm³/mol. The minimum atomic E-state index is 0.286. The Morgan fingerprint density at radius 3 is 2.33 bits per heavy atom. The van der Waals surface area contributed by atoms with Crippen LogP contribution in [0.5, 0.6) is 0 Å². The first-order valence-corrected chi connectivity index (χ1v) is 8.73. The van der Waals surface area contributed by atoms with Crippen LogP contribution in [0.15, 0.2) is 29.3 Å². The van der Waals surface area contributed by atoms with Gasteiger partial charge in [0.15, 0.2) is 5.96 Å². The summed E-state index contributed by atoms with van der Waals surface area (Å²) in [6.07, 6.45) is 1.26. The number of methoxy groups -OCH3 is 1. The summed E-state index contributed by atoms with van der Waals surface area (Å²) < 4.78 is 10.9. The van der Waals surface area contributed by atoms with Crippen LogP contribution in [0.1, 0.15) is 38.3 Å². The van der Waals surface area contributed by atoms with E-state index < -0.39 is 0 Å². The third-order valence-electron chi connectivity index (χ3n) is 3.86. The van der Waals surface area contributed by atoms with Crippen molar-refractivity contribution in [2.24, 2.45) is 10.9 Å². The molecule has 1 unspecified atom stereocenters. The highest BCUT2D eigenvalue weighted by Gasteiger charge is 2.12. The van der Waals surface area contributed by atoms with Gasteiger partial charge >= 0.3 is 0 Å². The molecule has 0 fully saturated rings. The Morgan fingerprint density at radius 1 is 1.12 bits per heavy atom. The zero-order chi connectivity index (χ0) is 17.8. The lowest BCUT2D eigenvalue weighted by Gasteiger charge is -2.21. The van der Waals surface area contributed by atoms with Gasteiger partial charge in [-0.05, 0) is 30.4 Å². The van der Waals surface area contributed by atoms with Gasteiger partial charge in [-0.15, -0.1) is 0 Å². The summed E-state index contributed by atoms with van der Waals surface area (Å²) in [5, 5.41) is 6.69. The first kappa shape index (κ1) is 20.5. The number of hydrogen-bond donors (Lipinski definition) is 2. The average molecular weight is 335 g/mol. The second kappa shape index (κ2) is 11.9. The standard InChI is InChI=1S/C19H33N3O2/c1-6-24-18(15(2)3)11-12-21-19(20-4)22-13-16-7-9-17(10-8-16)14-23-5/h7-10,15,18H,6,11-14H2,1-5H3,(H2,20,21,22). The molecule has 1 atom stereocenters. The van der Waals surface area contributed by atoms with Crippen LogP contribution in [0.4, 0.5) is 0 Å². The molecule has 0 aliphatic heterocycles. The monoisotopic (exact) mass is 335 g/mol. The van der Waals surface area contributed by atoms with Gasteiger partial charge in [0, 0.05) is 33.9 Å². The van der Waals surface area contributed by atoms with E-state index in [0.717, 1.165) is 32.1 Å². The third-order valence-corrected chi connectivity index (χ3v) is 3.86. The Kier molecular flexibility index (Phi) is 10.1. The van der Waals surface area contributed by atoms with Crippen molar-refractivity contribution in [3.63, 3.8) is 0 Å². The number of rotatable bonds is 10. The van der Waals surface area contributed by atoms with Crippen molar-refractivity contribution in [1.82, 2.24) is 10.6 Å². The Balaban J connectivity index is 2.36. The molecule has 1 aromatic carbocycles. The molecule has 0 saturated heterocycles. The second-order valence-electron chi connectivity index (χ2n) is 6.13. The molecule has 2 N–H and O–H groups in total. The number of hydrogen-bond acceptors (Lipinski definition) is 3. The van der Waals surface area contributed by atoms with Crippen LogP contribution in [0.2, 0.25) is 0 Å². The van der Waals surface area contributed by atoms with E-state index in [4.69, 9.17) is 9.47 Å². The van der Waals surface area contributed by atoms with E-state index in [0.29, 0.717) is 12.5 Å². The Hall–Kier alpha value is -1.59. The van der Waals surface area contributed by atoms with Crippen molar-refractivity contribution in [1.29, 1.82) is 0 Å². The van der Waals surface area contributed by atoms with Crippen LogP contribution in [-0.4, -0.2) is 39.4 Å². The molecule has 5 nitrogen and oxygen atoms in total. The summed E-state index contributed by atoms with van der Waals surface area (Å²) in [5.74, 6) is 1.34. The molecule has 0 aromatic heterocycles. The van der Waals surface area contributed by atoms with Crippen LogP contribution in [0, 0.1) is 5.92 Å². The molecule has 0 aliphatic rings. The zero-order valence-corrected chi connectivity index (χ0v) is 15.8. The molecule has 5 heteroatoms. The van der Waals surface area contributed by atoms with Gasteiger partial charge in [-0.2, -0.15) is 0 Å². The molecule has 0 saturated carbocycles. The van der Waals surface area contributed by atoms with E-state index in [1.807, 2.05) is 6.92 Å². The molecular weight excluding hydrogens is 302 g/mol. The van der Waals surface area contributed by atoms with Crippen LogP contribution >= 0.6 is 0 Å². The SMILES string of the molecule is CCOC(CCNC(=NC)NCc1ccc(COC)cc1)C(C)C. The Bertz CT molecular complexity index is 472. The van der Waals surface area contributed by atoms with Crippen LogP contribution < -0.4 is 10.6 Å². The number of guanidine groups is 1. The Morgan fingerprint density at radius 2 is 1.79 bits per heavy atom. The summed E-state index contributed by atoms with van der Waals surface area (Å²) in [5.41, 5.74) is 2.39. The molecule has 1 rings (SSSR count). The van der Waals surface area contributed by atoms with Crippen molar-refractivity contribution in [3.05, 3.63) is 35.4 Å². The van der Waals surface area contributed by atoms with Gasteiger partial charge in [0.05, 0.1) is 12.7 Å². The van der Waals surface area contributed by atoms with Gasteiger partial charge < -0.3 is 20.1 Å². The minimum absolute atomic E-state index is 0.286. The quantitative estimate of drug-likeness (QED) is 0.510. The lowest BCUT2D eigenvalue weighted by atomic mass is 10.0. The van der Waals surface area contributed by atoms with E-state index >= 15 is 0 Å². The van der Waals surface area contributed by atoms with Crippen molar-refractivity contribution >= 4 is 5.96 Å². The lowest BCUT2D eigenvalue weighted by molar-refractivity contribution is 0.0258. The number of aliphatic imine (C=N–C) groups is 1. The topological polar surface area (TPSA) is 54.9 Å². The van der Waals surface area contributed by atoms with Gasteiger partial charge in [-0.3, -0.25) is 4.99 Å². The summed E-state index contributed by atoms with van der Waals surface area (Å²) in [6.45, 7) is 9.42. The fourth-order valence-electron chi connectivity index (χ4n) is 2.48. The highest BCUT2D eigenvalue weighted by atomic mass is 16.5. The molecular formula is C19H33N3O2. The largest absolute Gasteiger partial charge is 0.380 e. The zero-order valence-electron chi connectivity index (χ0n) is 15.8. The molecule has 1 aromatic rings. The van der Waals surface area contributed by atoms with Crippen molar-refractivity contribution < 1.29 is 9.47 Å². The molecule has 0 heterocycles. The highest BCUT2D eigenvalue weighted by molar-refractivity contribution is 5.79. The number of nitrogens with one attached hydrogen (secondary N) is 2. The maximum atomic E-state index is 5.77. The normalized spacial score (nSPS) is 13.2. The maximum Gasteiger partial charge on any atom is 0.191 e. The average Bonchev–Trinajstić information content (AvgIpc) is 2.58. The van der Waals surface area contributed by atoms with Crippen molar-refractivity contribution in [2.75, 3.05) is 27.3 Å². The third kappa shape index (κ3) is 7.79. The van der Waals surface area contributed by atoms with Gasteiger partial charge in [0.25, 0.3) is 0 Å². The van der Waals surface area contributed by atoms with Gasteiger partial charge in [0.1, 0.15) is 0 Å². The summed E-state index contributed by atoms with van der Waals surface area (Å²) in [7, 11) is 3.50. The van der Waals surface area contributed by atoms with Gasteiger partial charge in [0.2, 0.25) is 0 Å². The van der Waals surface area contributed by atoms with Crippen molar-refractivity contribution in [2.45, 2.75) is 46.4 Å². The van der Waals surface area contributed by atoms with E-state index in [2.05, 4.69) is 53.7 Å². The molecule has 24 heavy (non-hydrogen) atoms. The van der Waals surface area contributed by atoms with E-state index in [-0.39, 0.29) is 6.10 Å². The van der Waals surface area contributed by atoms with E-state index in [1.54, 1.807) is 14.2 Å².